The van der Waals surface area contributed by atoms with E-state index in [1.165, 1.54) is 16.8 Å². The van der Waals surface area contributed by atoms with Crippen LogP contribution in [0.4, 0.5) is 5.69 Å². The first-order chi connectivity index (χ1) is 13.0. The highest BCUT2D eigenvalue weighted by molar-refractivity contribution is 7.89. The average molecular weight is 383 g/mol. The molecular formula is C19H21N5O2S. The Hall–Kier alpha value is -2.71. The van der Waals surface area contributed by atoms with E-state index in [2.05, 4.69) is 15.3 Å². The molecule has 0 bridgehead atoms. The number of imidazole rings is 1. The summed E-state index contributed by atoms with van der Waals surface area (Å²) in [5, 5.41) is 3.54. The zero-order valence-corrected chi connectivity index (χ0v) is 15.7. The van der Waals surface area contributed by atoms with Crippen LogP contribution >= 0.6 is 0 Å². The fourth-order valence-corrected chi connectivity index (χ4v) is 4.92. The van der Waals surface area contributed by atoms with E-state index in [1.807, 2.05) is 42.5 Å². The van der Waals surface area contributed by atoms with Gasteiger partial charge in [-0.3, -0.25) is 4.98 Å². The number of benzene rings is 1. The van der Waals surface area contributed by atoms with Crippen molar-refractivity contribution >= 4 is 15.7 Å². The zero-order chi connectivity index (χ0) is 18.9. The highest BCUT2D eigenvalue weighted by Gasteiger charge is 2.40. The van der Waals surface area contributed by atoms with Crippen LogP contribution in [0.2, 0.25) is 0 Å². The van der Waals surface area contributed by atoms with E-state index in [0.717, 1.165) is 11.3 Å². The SMILES string of the molecule is Cn1cnc(S(=O)(=O)N2CC(Nc3cccnc3)C(c3ccccc3)C2)c1. The van der Waals surface area contributed by atoms with Crippen molar-refractivity contribution in [3.8, 4) is 0 Å². The third-order valence-electron chi connectivity index (χ3n) is 4.81. The van der Waals surface area contributed by atoms with Gasteiger partial charge in [-0.2, -0.15) is 4.31 Å². The van der Waals surface area contributed by atoms with Crippen LogP contribution in [0.15, 0.2) is 72.4 Å². The van der Waals surface area contributed by atoms with Crippen molar-refractivity contribution in [1.29, 1.82) is 0 Å². The molecule has 2 atom stereocenters. The predicted octanol–water partition coefficient (Wildman–Crippen LogP) is 2.08. The maximum Gasteiger partial charge on any atom is 0.262 e. The number of anilines is 1. The number of aryl methyl sites for hydroxylation is 1. The Labute approximate surface area is 158 Å². The van der Waals surface area contributed by atoms with Gasteiger partial charge in [0.1, 0.15) is 0 Å². The van der Waals surface area contributed by atoms with Gasteiger partial charge in [-0.15, -0.1) is 0 Å². The second-order valence-electron chi connectivity index (χ2n) is 6.71. The molecule has 1 N–H and O–H groups in total. The van der Waals surface area contributed by atoms with Crippen LogP contribution in [0.5, 0.6) is 0 Å². The highest BCUT2D eigenvalue weighted by Crippen LogP contribution is 2.32. The van der Waals surface area contributed by atoms with Crippen molar-refractivity contribution < 1.29 is 8.42 Å². The number of sulfonamides is 1. The summed E-state index contributed by atoms with van der Waals surface area (Å²) < 4.78 is 29.2. The molecule has 4 rings (SSSR count). The summed E-state index contributed by atoms with van der Waals surface area (Å²) in [6.07, 6.45) is 6.50. The molecule has 2 aromatic heterocycles. The van der Waals surface area contributed by atoms with Gasteiger partial charge in [-0.05, 0) is 17.7 Å². The molecule has 140 valence electrons. The first-order valence-corrected chi connectivity index (χ1v) is 10.2. The molecule has 1 aromatic carbocycles. The molecule has 0 aliphatic carbocycles. The van der Waals surface area contributed by atoms with Crippen LogP contribution in [0.1, 0.15) is 11.5 Å². The molecule has 1 aliphatic heterocycles. The summed E-state index contributed by atoms with van der Waals surface area (Å²) in [6.45, 7) is 0.772. The molecule has 1 saturated heterocycles. The lowest BCUT2D eigenvalue weighted by Gasteiger charge is -2.21. The van der Waals surface area contributed by atoms with Gasteiger partial charge in [0.2, 0.25) is 0 Å². The third kappa shape index (κ3) is 3.58. The number of aromatic nitrogens is 3. The maximum atomic E-state index is 13.0. The van der Waals surface area contributed by atoms with Crippen LogP contribution in [0.3, 0.4) is 0 Å². The van der Waals surface area contributed by atoms with E-state index in [4.69, 9.17) is 0 Å². The van der Waals surface area contributed by atoms with Gasteiger partial charge >= 0.3 is 0 Å². The molecule has 1 aliphatic rings. The Morgan fingerprint density at radius 3 is 2.59 bits per heavy atom. The number of hydrogen-bond acceptors (Lipinski definition) is 5. The largest absolute Gasteiger partial charge is 0.379 e. The van der Waals surface area contributed by atoms with Crippen LogP contribution in [-0.2, 0) is 17.1 Å². The standard InChI is InChI=1S/C19H21N5O2S/c1-23-13-19(21-14-23)27(25,26)24-11-17(15-6-3-2-4-7-15)18(12-24)22-16-8-5-9-20-10-16/h2-10,13-14,17-18,22H,11-12H2,1H3. The molecule has 3 heterocycles. The molecule has 0 radical (unpaired) electrons. The smallest absolute Gasteiger partial charge is 0.262 e. The molecule has 8 heteroatoms. The van der Waals surface area contributed by atoms with E-state index in [9.17, 15) is 8.42 Å². The second kappa shape index (κ2) is 7.13. The molecule has 3 aromatic rings. The van der Waals surface area contributed by atoms with Gasteiger partial charge < -0.3 is 9.88 Å². The van der Waals surface area contributed by atoms with Crippen LogP contribution < -0.4 is 5.32 Å². The number of pyridine rings is 1. The van der Waals surface area contributed by atoms with E-state index >= 15 is 0 Å². The normalized spacial score (nSPS) is 20.6. The first-order valence-electron chi connectivity index (χ1n) is 8.73. The zero-order valence-electron chi connectivity index (χ0n) is 14.9. The minimum absolute atomic E-state index is 0.0323. The minimum Gasteiger partial charge on any atom is -0.379 e. The van der Waals surface area contributed by atoms with E-state index in [-0.39, 0.29) is 17.0 Å². The number of nitrogens with zero attached hydrogens (tertiary/aromatic N) is 4. The Kier molecular flexibility index (Phi) is 4.67. The fourth-order valence-electron chi connectivity index (χ4n) is 3.46. The van der Waals surface area contributed by atoms with Crippen LogP contribution in [0.25, 0.3) is 0 Å². The highest BCUT2D eigenvalue weighted by atomic mass is 32.2. The van der Waals surface area contributed by atoms with Crippen molar-refractivity contribution in [3.05, 3.63) is 72.9 Å². The minimum atomic E-state index is -3.64. The predicted molar refractivity (Wildman–Crippen MR) is 103 cm³/mol. The maximum absolute atomic E-state index is 13.0. The number of nitrogens with one attached hydrogen (secondary N) is 1. The average Bonchev–Trinajstić information content (AvgIpc) is 3.31. The topological polar surface area (TPSA) is 80.1 Å². The summed E-state index contributed by atoms with van der Waals surface area (Å²) >= 11 is 0. The van der Waals surface area contributed by atoms with Crippen molar-refractivity contribution in [2.45, 2.75) is 17.0 Å². The molecule has 1 fully saturated rings. The molecule has 0 saturated carbocycles. The Morgan fingerprint density at radius 2 is 1.93 bits per heavy atom. The first kappa shape index (κ1) is 17.7. The van der Waals surface area contributed by atoms with Crippen molar-refractivity contribution in [2.75, 3.05) is 18.4 Å². The van der Waals surface area contributed by atoms with Gasteiger partial charge in [0.25, 0.3) is 10.0 Å². The van der Waals surface area contributed by atoms with Gasteiger partial charge in [0.15, 0.2) is 5.03 Å². The summed E-state index contributed by atoms with van der Waals surface area (Å²) in [4.78, 5) is 8.18. The molecule has 2 unspecified atom stereocenters. The van der Waals surface area contributed by atoms with Crippen molar-refractivity contribution in [2.24, 2.45) is 7.05 Å². The molecular weight excluding hydrogens is 362 g/mol. The van der Waals surface area contributed by atoms with Crippen molar-refractivity contribution in [1.82, 2.24) is 18.8 Å². The van der Waals surface area contributed by atoms with Gasteiger partial charge in [0.05, 0.1) is 12.0 Å². The lowest BCUT2D eigenvalue weighted by Crippen LogP contribution is -2.32. The monoisotopic (exact) mass is 383 g/mol. The summed E-state index contributed by atoms with van der Waals surface area (Å²) in [5.41, 5.74) is 1.98. The lowest BCUT2D eigenvalue weighted by atomic mass is 9.94. The summed E-state index contributed by atoms with van der Waals surface area (Å²) in [6, 6.07) is 13.7. The fraction of sp³-hybridized carbons (Fsp3) is 0.263. The van der Waals surface area contributed by atoms with Gasteiger partial charge in [-0.1, -0.05) is 30.3 Å². The Morgan fingerprint density at radius 1 is 1.11 bits per heavy atom. The summed E-state index contributed by atoms with van der Waals surface area (Å²) in [5.74, 6) is 0.0323. The summed E-state index contributed by atoms with van der Waals surface area (Å²) in [7, 11) is -1.88. The van der Waals surface area contributed by atoms with E-state index < -0.39 is 10.0 Å². The van der Waals surface area contributed by atoms with Gasteiger partial charge in [-0.25, -0.2) is 13.4 Å². The Bertz CT molecular complexity index is 1000. The molecule has 7 nitrogen and oxygen atoms in total. The van der Waals surface area contributed by atoms with E-state index in [0.29, 0.717) is 13.1 Å². The Balaban J connectivity index is 1.64. The number of hydrogen-bond donors (Lipinski definition) is 1. The van der Waals surface area contributed by atoms with E-state index in [1.54, 1.807) is 24.0 Å². The van der Waals surface area contributed by atoms with Crippen molar-refractivity contribution in [3.63, 3.8) is 0 Å². The number of rotatable bonds is 5. The molecule has 0 amide bonds. The van der Waals surface area contributed by atoms with Gasteiger partial charge in [0, 0.05) is 50.7 Å². The molecule has 0 spiro atoms. The quantitative estimate of drug-likeness (QED) is 0.730. The lowest BCUT2D eigenvalue weighted by molar-refractivity contribution is 0.468. The second-order valence-corrected chi connectivity index (χ2v) is 8.59. The molecule has 27 heavy (non-hydrogen) atoms. The van der Waals surface area contributed by atoms with Crippen LogP contribution in [-0.4, -0.2) is 46.4 Å². The van der Waals surface area contributed by atoms with Crippen LogP contribution in [0, 0.1) is 0 Å². The third-order valence-corrected chi connectivity index (χ3v) is 6.53.